The Labute approximate surface area is 429 Å². The third-order valence-corrected chi connectivity index (χ3v) is 13.9. The van der Waals surface area contributed by atoms with Crippen molar-refractivity contribution in [3.63, 3.8) is 0 Å². The molecule has 69 heavy (non-hydrogen) atoms. The molecular weight excluding hydrogens is 851 g/mol. The first-order valence-electron chi connectivity index (χ1n) is 30.4. The van der Waals surface area contributed by atoms with E-state index >= 15 is 0 Å². The molecule has 0 bridgehead atoms. The summed E-state index contributed by atoms with van der Waals surface area (Å²) in [6, 6.07) is -0.548. The summed E-state index contributed by atoms with van der Waals surface area (Å²) < 4.78 is 5.49. The van der Waals surface area contributed by atoms with E-state index in [4.69, 9.17) is 4.74 Å². The number of carbonyl (C=O) groups is 2. The maximum absolute atomic E-state index is 12.4. The van der Waals surface area contributed by atoms with Gasteiger partial charge in [-0.25, -0.2) is 0 Å². The molecule has 2 atom stereocenters. The number of aliphatic hydroxyl groups excluding tert-OH is 2. The summed E-state index contributed by atoms with van der Waals surface area (Å²) in [6.45, 7) is 4.91. The summed E-state index contributed by atoms with van der Waals surface area (Å²) in [5.74, 6) is -0.0446. The van der Waals surface area contributed by atoms with Crippen LogP contribution in [0.2, 0.25) is 0 Å². The van der Waals surface area contributed by atoms with E-state index in [0.29, 0.717) is 25.9 Å². The normalized spacial score (nSPS) is 12.9. The molecule has 0 saturated carbocycles. The average molecular weight is 969 g/mol. The van der Waals surface area contributed by atoms with Crippen molar-refractivity contribution in [3.05, 3.63) is 48.6 Å². The third kappa shape index (κ3) is 55.0. The largest absolute Gasteiger partial charge is 0.466 e. The van der Waals surface area contributed by atoms with Crippen molar-refractivity contribution in [1.29, 1.82) is 0 Å². The zero-order valence-electron chi connectivity index (χ0n) is 46.0. The number of allylic oxidation sites excluding steroid dienone is 8. The molecule has 0 fully saturated rings. The fourth-order valence-electron chi connectivity index (χ4n) is 9.17. The Morgan fingerprint density at radius 1 is 0.406 bits per heavy atom. The van der Waals surface area contributed by atoms with Gasteiger partial charge >= 0.3 is 5.97 Å². The smallest absolute Gasteiger partial charge is 0.305 e. The zero-order chi connectivity index (χ0) is 50.0. The maximum atomic E-state index is 12.4. The molecule has 404 valence electrons. The van der Waals surface area contributed by atoms with Crippen LogP contribution in [0.5, 0.6) is 0 Å². The van der Waals surface area contributed by atoms with Crippen LogP contribution in [0, 0.1) is 0 Å². The first kappa shape index (κ1) is 66.8. The molecule has 0 heterocycles. The number of hydrogen-bond acceptors (Lipinski definition) is 5. The van der Waals surface area contributed by atoms with Gasteiger partial charge in [0.25, 0.3) is 0 Å². The Hall–Kier alpha value is -2.18. The van der Waals surface area contributed by atoms with E-state index in [9.17, 15) is 19.8 Å². The number of unbranched alkanes of at least 4 members (excludes halogenated alkanes) is 37. The molecule has 0 saturated heterocycles. The van der Waals surface area contributed by atoms with Crippen LogP contribution in [0.4, 0.5) is 0 Å². The van der Waals surface area contributed by atoms with E-state index < -0.39 is 12.1 Å². The van der Waals surface area contributed by atoms with Crippen LogP contribution >= 0.6 is 0 Å². The molecule has 3 N–H and O–H groups in total. The summed E-state index contributed by atoms with van der Waals surface area (Å²) in [6.07, 6.45) is 74.1. The van der Waals surface area contributed by atoms with Gasteiger partial charge in [0.05, 0.1) is 25.4 Å². The molecule has 0 aliphatic heterocycles. The molecule has 0 rings (SSSR count). The Morgan fingerprint density at radius 2 is 0.725 bits per heavy atom. The van der Waals surface area contributed by atoms with Crippen LogP contribution in [0.3, 0.4) is 0 Å². The molecule has 0 radical (unpaired) electrons. The minimum atomic E-state index is -0.670. The number of esters is 1. The molecule has 2 unspecified atom stereocenters. The van der Waals surface area contributed by atoms with Gasteiger partial charge < -0.3 is 20.3 Å². The van der Waals surface area contributed by atoms with E-state index in [-0.39, 0.29) is 18.5 Å². The number of rotatable bonds is 56. The lowest BCUT2D eigenvalue weighted by Crippen LogP contribution is -2.45. The predicted octanol–water partition coefficient (Wildman–Crippen LogP) is 19.0. The number of ether oxygens (including phenoxy) is 1. The Bertz CT molecular complexity index is 1160. The van der Waals surface area contributed by atoms with Crippen molar-refractivity contribution in [2.45, 2.75) is 328 Å². The molecule has 1 amide bonds. The van der Waals surface area contributed by atoms with Crippen LogP contribution in [-0.2, 0) is 14.3 Å². The van der Waals surface area contributed by atoms with Gasteiger partial charge in [-0.3, -0.25) is 9.59 Å². The first-order valence-corrected chi connectivity index (χ1v) is 30.4. The van der Waals surface area contributed by atoms with Crippen LogP contribution < -0.4 is 5.32 Å². The van der Waals surface area contributed by atoms with Crippen molar-refractivity contribution in [1.82, 2.24) is 5.32 Å². The van der Waals surface area contributed by atoms with E-state index in [1.54, 1.807) is 0 Å². The summed E-state index contributed by atoms with van der Waals surface area (Å²) in [4.78, 5) is 24.5. The van der Waals surface area contributed by atoms with Gasteiger partial charge in [0.1, 0.15) is 0 Å². The third-order valence-electron chi connectivity index (χ3n) is 13.9. The number of hydrogen-bond donors (Lipinski definition) is 3. The van der Waals surface area contributed by atoms with Crippen LogP contribution in [0.1, 0.15) is 316 Å². The van der Waals surface area contributed by atoms with Crippen molar-refractivity contribution in [2.75, 3.05) is 13.2 Å². The topological polar surface area (TPSA) is 95.9 Å². The van der Waals surface area contributed by atoms with Gasteiger partial charge in [-0.05, 0) is 89.9 Å². The predicted molar refractivity (Wildman–Crippen MR) is 301 cm³/mol. The fraction of sp³-hybridized carbons (Fsp3) is 0.841. The Kier molecular flexibility index (Phi) is 56.5. The molecule has 0 spiro atoms. The molecule has 0 aromatic rings. The highest BCUT2D eigenvalue weighted by Crippen LogP contribution is 2.16. The fourth-order valence-corrected chi connectivity index (χ4v) is 9.17. The molecule has 6 heteroatoms. The average Bonchev–Trinajstić information content (AvgIpc) is 3.35. The van der Waals surface area contributed by atoms with Crippen molar-refractivity contribution >= 4 is 11.9 Å². The Balaban J connectivity index is 3.42. The Morgan fingerprint density at radius 3 is 1.13 bits per heavy atom. The quantitative estimate of drug-likeness (QED) is 0.0321. The molecule has 0 aliphatic carbocycles. The van der Waals surface area contributed by atoms with Crippen molar-refractivity contribution in [3.8, 4) is 0 Å². The number of amides is 1. The van der Waals surface area contributed by atoms with Gasteiger partial charge in [-0.1, -0.05) is 262 Å². The van der Waals surface area contributed by atoms with Crippen molar-refractivity contribution in [2.24, 2.45) is 0 Å². The molecule has 6 nitrogen and oxygen atoms in total. The lowest BCUT2D eigenvalue weighted by atomic mass is 10.0. The standard InChI is InChI=1S/C63H117NO5/c1-3-5-7-9-11-13-15-16-17-18-24-28-31-34-37-41-45-49-53-57-63(68)69-58-54-50-46-42-38-35-32-29-26-23-21-19-20-22-25-27-30-33-36-40-44-48-52-56-62(67)64-60(59-65)61(66)55-51-47-43-39-14-12-10-8-6-4-2/h11,13,16-17,19,21-22,25,60-61,65-66H,3-10,12,14-15,18,20,23-24,26-59H2,1-2H3,(H,64,67)/b13-11-,17-16-,21-19-,25-22-. The number of nitrogens with one attached hydrogen (secondary N) is 1. The van der Waals surface area contributed by atoms with Crippen LogP contribution in [0.25, 0.3) is 0 Å². The summed E-state index contributed by atoms with van der Waals surface area (Å²) in [7, 11) is 0. The summed E-state index contributed by atoms with van der Waals surface area (Å²) in [5, 5.41) is 23.1. The van der Waals surface area contributed by atoms with Crippen LogP contribution in [-0.4, -0.2) is 47.4 Å². The second-order valence-electron chi connectivity index (χ2n) is 20.7. The molecular formula is C63H117NO5. The monoisotopic (exact) mass is 968 g/mol. The highest BCUT2D eigenvalue weighted by molar-refractivity contribution is 5.76. The van der Waals surface area contributed by atoms with E-state index in [0.717, 1.165) is 70.6 Å². The molecule has 0 aromatic heterocycles. The molecule has 0 aromatic carbocycles. The van der Waals surface area contributed by atoms with Gasteiger partial charge in [-0.15, -0.1) is 0 Å². The van der Waals surface area contributed by atoms with E-state index in [1.807, 2.05) is 0 Å². The summed E-state index contributed by atoms with van der Waals surface area (Å²) in [5.41, 5.74) is 0. The number of carbonyl (C=O) groups excluding carboxylic acids is 2. The minimum absolute atomic E-state index is 0.00286. The highest BCUT2D eigenvalue weighted by Gasteiger charge is 2.20. The van der Waals surface area contributed by atoms with E-state index in [1.165, 1.54) is 212 Å². The second kappa shape index (κ2) is 58.4. The highest BCUT2D eigenvalue weighted by atomic mass is 16.5. The van der Waals surface area contributed by atoms with Crippen LogP contribution in [0.15, 0.2) is 48.6 Å². The first-order chi connectivity index (χ1) is 34.0. The maximum Gasteiger partial charge on any atom is 0.305 e. The van der Waals surface area contributed by atoms with Gasteiger partial charge in [0.2, 0.25) is 5.91 Å². The zero-order valence-corrected chi connectivity index (χ0v) is 46.0. The molecule has 0 aliphatic rings. The summed E-state index contributed by atoms with van der Waals surface area (Å²) >= 11 is 0. The van der Waals surface area contributed by atoms with Gasteiger partial charge in [0.15, 0.2) is 0 Å². The van der Waals surface area contributed by atoms with Gasteiger partial charge in [0, 0.05) is 12.8 Å². The minimum Gasteiger partial charge on any atom is -0.466 e. The van der Waals surface area contributed by atoms with Gasteiger partial charge in [-0.2, -0.15) is 0 Å². The second-order valence-corrected chi connectivity index (χ2v) is 20.7. The number of aliphatic hydroxyl groups is 2. The lowest BCUT2D eigenvalue weighted by molar-refractivity contribution is -0.143. The van der Waals surface area contributed by atoms with Crippen molar-refractivity contribution < 1.29 is 24.5 Å². The van der Waals surface area contributed by atoms with E-state index in [2.05, 4.69) is 67.8 Å². The SMILES string of the molecule is CCCCC/C=C\C/C=C\CCCCCCCCCCCC(=O)OCCCCCCCCCCC/C=C\C/C=C\CCCCCCCCCC(=O)NC(CO)C(O)CCCCCCCCCCCC. The lowest BCUT2D eigenvalue weighted by Gasteiger charge is -2.22.